The third-order valence-electron chi connectivity index (χ3n) is 2.97. The molecule has 6 heteroatoms. The molecule has 2 N–H and O–H groups in total. The lowest BCUT2D eigenvalue weighted by atomic mass is 10.1. The number of aromatic nitrogens is 2. The Morgan fingerprint density at radius 1 is 1.18 bits per heavy atom. The summed E-state index contributed by atoms with van der Waals surface area (Å²) in [5, 5.41) is 7.69. The zero-order chi connectivity index (χ0) is 15.9. The molecule has 116 valence electrons. The van der Waals surface area contributed by atoms with Crippen LogP contribution in [-0.2, 0) is 6.42 Å². The van der Waals surface area contributed by atoms with E-state index in [-0.39, 0.29) is 0 Å². The van der Waals surface area contributed by atoms with Crippen LogP contribution in [0.25, 0.3) is 0 Å². The smallest absolute Gasteiger partial charge is 0.225 e. The molecule has 0 amide bonds. The molecule has 0 saturated heterocycles. The van der Waals surface area contributed by atoms with E-state index in [9.17, 15) is 0 Å². The average molecular weight is 337 g/mol. The van der Waals surface area contributed by atoms with Gasteiger partial charge in [0, 0.05) is 34.9 Å². The Bertz CT molecular complexity index is 659. The Kier molecular flexibility index (Phi) is 6.04. The molecule has 0 fully saturated rings. The number of hydrogen-bond acceptors (Lipinski definition) is 4. The van der Waals surface area contributed by atoms with Crippen LogP contribution in [0.2, 0.25) is 10.0 Å². The molecule has 0 aliphatic heterocycles. The van der Waals surface area contributed by atoms with Gasteiger partial charge in [-0.05, 0) is 31.0 Å². The first-order valence-corrected chi connectivity index (χ1v) is 7.72. The average Bonchev–Trinajstić information content (AvgIpc) is 2.47. The molecule has 0 bridgehead atoms. The second-order valence-electron chi connectivity index (χ2n) is 4.80. The van der Waals surface area contributed by atoms with Gasteiger partial charge in [-0.1, -0.05) is 35.3 Å². The van der Waals surface area contributed by atoms with E-state index in [1.807, 2.05) is 25.1 Å². The lowest BCUT2D eigenvalue weighted by Gasteiger charge is -2.10. The maximum atomic E-state index is 6.16. The number of nitrogens with one attached hydrogen (secondary N) is 2. The van der Waals surface area contributed by atoms with Crippen LogP contribution in [-0.4, -0.2) is 23.1 Å². The van der Waals surface area contributed by atoms with Crippen molar-refractivity contribution in [3.8, 4) is 0 Å². The van der Waals surface area contributed by atoms with Crippen molar-refractivity contribution < 1.29 is 0 Å². The normalized spacial score (nSPS) is 10.3. The molecular formula is C16H18Cl2N4. The monoisotopic (exact) mass is 336 g/mol. The quantitative estimate of drug-likeness (QED) is 0.738. The first kappa shape index (κ1) is 16.6. The predicted molar refractivity (Wildman–Crippen MR) is 94.1 cm³/mol. The highest BCUT2D eigenvalue weighted by molar-refractivity contribution is 6.35. The Labute approximate surface area is 140 Å². The molecular weight excluding hydrogens is 319 g/mol. The van der Waals surface area contributed by atoms with Crippen molar-refractivity contribution in [1.29, 1.82) is 0 Å². The fourth-order valence-electron chi connectivity index (χ4n) is 1.95. The minimum atomic E-state index is 0.590. The highest BCUT2D eigenvalue weighted by Crippen LogP contribution is 2.21. The Morgan fingerprint density at radius 3 is 2.73 bits per heavy atom. The minimum absolute atomic E-state index is 0.590. The molecule has 2 aromatic rings. The summed E-state index contributed by atoms with van der Waals surface area (Å²) in [7, 11) is 0. The maximum Gasteiger partial charge on any atom is 0.225 e. The van der Waals surface area contributed by atoms with Crippen LogP contribution < -0.4 is 10.6 Å². The van der Waals surface area contributed by atoms with Crippen LogP contribution >= 0.6 is 23.2 Å². The van der Waals surface area contributed by atoms with Crippen LogP contribution in [0.15, 0.2) is 36.9 Å². The van der Waals surface area contributed by atoms with Crippen molar-refractivity contribution in [1.82, 2.24) is 9.97 Å². The fraction of sp³-hybridized carbons (Fsp3) is 0.250. The van der Waals surface area contributed by atoms with E-state index in [1.165, 1.54) is 0 Å². The van der Waals surface area contributed by atoms with Crippen molar-refractivity contribution in [2.75, 3.05) is 23.7 Å². The summed E-state index contributed by atoms with van der Waals surface area (Å²) in [6.07, 6.45) is 2.55. The second-order valence-corrected chi connectivity index (χ2v) is 5.64. The van der Waals surface area contributed by atoms with Crippen molar-refractivity contribution in [2.24, 2.45) is 0 Å². The van der Waals surface area contributed by atoms with Gasteiger partial charge in [0.2, 0.25) is 5.95 Å². The van der Waals surface area contributed by atoms with Gasteiger partial charge >= 0.3 is 0 Å². The molecule has 0 aliphatic rings. The van der Waals surface area contributed by atoms with Crippen LogP contribution in [0, 0.1) is 6.92 Å². The number of benzene rings is 1. The lowest BCUT2D eigenvalue weighted by Crippen LogP contribution is -2.10. The molecule has 4 nitrogen and oxygen atoms in total. The maximum absolute atomic E-state index is 6.16. The molecule has 1 aromatic carbocycles. The topological polar surface area (TPSA) is 49.8 Å². The van der Waals surface area contributed by atoms with E-state index < -0.39 is 0 Å². The van der Waals surface area contributed by atoms with Crippen LogP contribution in [0.4, 0.5) is 11.8 Å². The predicted octanol–water partition coefficient (Wildman–Crippen LogP) is 4.34. The molecule has 2 rings (SSSR count). The molecule has 0 unspecified atom stereocenters. The number of rotatable bonds is 7. The van der Waals surface area contributed by atoms with Gasteiger partial charge in [-0.2, -0.15) is 4.98 Å². The van der Waals surface area contributed by atoms with E-state index in [0.717, 1.165) is 30.0 Å². The second kappa shape index (κ2) is 8.01. The zero-order valence-corrected chi connectivity index (χ0v) is 13.9. The Balaban J connectivity index is 1.96. The molecule has 1 aromatic heterocycles. The van der Waals surface area contributed by atoms with Crippen LogP contribution in [0.3, 0.4) is 0 Å². The van der Waals surface area contributed by atoms with E-state index in [2.05, 4.69) is 27.2 Å². The summed E-state index contributed by atoms with van der Waals surface area (Å²) in [6, 6.07) is 7.44. The summed E-state index contributed by atoms with van der Waals surface area (Å²) < 4.78 is 0. The molecule has 0 aliphatic carbocycles. The first-order valence-electron chi connectivity index (χ1n) is 6.96. The summed E-state index contributed by atoms with van der Waals surface area (Å²) in [5.74, 6) is 1.37. The van der Waals surface area contributed by atoms with E-state index in [4.69, 9.17) is 23.2 Å². The molecule has 22 heavy (non-hydrogen) atoms. The van der Waals surface area contributed by atoms with Gasteiger partial charge in [0.25, 0.3) is 0 Å². The molecule has 0 atom stereocenters. The molecule has 1 heterocycles. The third kappa shape index (κ3) is 4.90. The van der Waals surface area contributed by atoms with Crippen molar-refractivity contribution >= 4 is 35.0 Å². The largest absolute Gasteiger partial charge is 0.370 e. The van der Waals surface area contributed by atoms with Gasteiger partial charge < -0.3 is 10.6 Å². The van der Waals surface area contributed by atoms with Gasteiger partial charge in [-0.3, -0.25) is 0 Å². The van der Waals surface area contributed by atoms with Gasteiger partial charge in [-0.15, -0.1) is 6.58 Å². The highest BCUT2D eigenvalue weighted by atomic mass is 35.5. The van der Waals surface area contributed by atoms with E-state index in [0.29, 0.717) is 22.5 Å². The number of halogens is 2. The lowest BCUT2D eigenvalue weighted by molar-refractivity contribution is 0.991. The molecule has 0 saturated carbocycles. The van der Waals surface area contributed by atoms with Crippen molar-refractivity contribution in [3.63, 3.8) is 0 Å². The van der Waals surface area contributed by atoms with Crippen molar-refractivity contribution in [3.05, 3.63) is 58.2 Å². The van der Waals surface area contributed by atoms with Crippen molar-refractivity contribution in [2.45, 2.75) is 13.3 Å². The first-order chi connectivity index (χ1) is 10.6. The van der Waals surface area contributed by atoms with E-state index in [1.54, 1.807) is 12.1 Å². The number of nitrogens with zero attached hydrogens (tertiary/aromatic N) is 2. The SMILES string of the molecule is C=CCNc1nc(C)cc(NCCc2ccc(Cl)cc2Cl)n1. The summed E-state index contributed by atoms with van der Waals surface area (Å²) >= 11 is 12.1. The highest BCUT2D eigenvalue weighted by Gasteiger charge is 2.03. The number of aryl methyl sites for hydroxylation is 1. The summed E-state index contributed by atoms with van der Waals surface area (Å²) in [6.45, 7) is 6.94. The minimum Gasteiger partial charge on any atom is -0.370 e. The van der Waals surface area contributed by atoms with Gasteiger partial charge in [0.05, 0.1) is 0 Å². The number of hydrogen-bond donors (Lipinski definition) is 2. The third-order valence-corrected chi connectivity index (χ3v) is 3.56. The standard InChI is InChI=1S/C16H18Cl2N4/c1-3-7-20-16-21-11(2)9-15(22-16)19-8-6-12-4-5-13(17)10-14(12)18/h3-5,9-10H,1,6-8H2,2H3,(H2,19,20,21,22). The van der Waals surface area contributed by atoms with Crippen LogP contribution in [0.5, 0.6) is 0 Å². The summed E-state index contributed by atoms with van der Waals surface area (Å²) in [5.41, 5.74) is 1.95. The fourth-order valence-corrected chi connectivity index (χ4v) is 2.45. The molecule has 0 spiro atoms. The van der Waals surface area contributed by atoms with Gasteiger partial charge in [0.15, 0.2) is 0 Å². The van der Waals surface area contributed by atoms with E-state index >= 15 is 0 Å². The van der Waals surface area contributed by atoms with Gasteiger partial charge in [0.1, 0.15) is 5.82 Å². The van der Waals surface area contributed by atoms with Crippen LogP contribution in [0.1, 0.15) is 11.3 Å². The molecule has 0 radical (unpaired) electrons. The zero-order valence-electron chi connectivity index (χ0n) is 12.4. The van der Waals surface area contributed by atoms with Gasteiger partial charge in [-0.25, -0.2) is 4.98 Å². The summed E-state index contributed by atoms with van der Waals surface area (Å²) in [4.78, 5) is 8.72. The Hall–Kier alpha value is -1.78. The Morgan fingerprint density at radius 2 is 2.00 bits per heavy atom. The number of anilines is 2.